The van der Waals surface area contributed by atoms with Crippen LogP contribution in [0.4, 0.5) is 0 Å². The van der Waals surface area contributed by atoms with Crippen molar-refractivity contribution in [2.24, 2.45) is 0 Å². The lowest BCUT2D eigenvalue weighted by atomic mass is 9.97. The molecule has 0 spiro atoms. The molecule has 0 saturated carbocycles. The number of carboxylic acid groups (broad SMARTS) is 1. The zero-order valence-corrected chi connectivity index (χ0v) is 10.7. The van der Waals surface area contributed by atoms with Crippen molar-refractivity contribution >= 4 is 11.9 Å². The molecule has 2 aliphatic heterocycles. The van der Waals surface area contributed by atoms with Crippen LogP contribution in [0.3, 0.4) is 0 Å². The van der Waals surface area contributed by atoms with Gasteiger partial charge in [0.05, 0.1) is 30.4 Å². The van der Waals surface area contributed by atoms with Crippen molar-refractivity contribution < 1.29 is 28.9 Å². The van der Waals surface area contributed by atoms with Gasteiger partial charge in [0.15, 0.2) is 0 Å². The van der Waals surface area contributed by atoms with Crippen LogP contribution in [0.2, 0.25) is 0 Å². The second-order valence-electron chi connectivity index (χ2n) is 4.85. The summed E-state index contributed by atoms with van der Waals surface area (Å²) in [6.45, 7) is 1.40. The van der Waals surface area contributed by atoms with Crippen LogP contribution >= 0.6 is 0 Å². The topological polar surface area (TPSA) is 88.7 Å². The first kappa shape index (κ1) is 13.1. The average molecular weight is 278 g/mol. The smallest absolute Gasteiger partial charge is 0.338 e. The van der Waals surface area contributed by atoms with Crippen molar-refractivity contribution in [3.63, 3.8) is 0 Å². The summed E-state index contributed by atoms with van der Waals surface area (Å²) in [5, 5.41) is 9.22. The number of aromatic carboxylic acids is 1. The van der Waals surface area contributed by atoms with Crippen LogP contribution in [0.25, 0.3) is 0 Å². The Morgan fingerprint density at radius 1 is 1.20 bits per heavy atom. The van der Waals surface area contributed by atoms with Gasteiger partial charge in [-0.25, -0.2) is 9.59 Å². The van der Waals surface area contributed by atoms with Crippen molar-refractivity contribution in [1.82, 2.24) is 0 Å². The van der Waals surface area contributed by atoms with Crippen LogP contribution in [-0.4, -0.2) is 49.1 Å². The summed E-state index contributed by atoms with van der Waals surface area (Å²) in [5.41, 5.74) is 0.892. The highest BCUT2D eigenvalue weighted by Crippen LogP contribution is 2.24. The lowest BCUT2D eigenvalue weighted by molar-refractivity contribution is 0.0475. The lowest BCUT2D eigenvalue weighted by Gasteiger charge is -2.11. The number of esters is 1. The molecule has 1 N–H and O–H groups in total. The Kier molecular flexibility index (Phi) is 3.42. The van der Waals surface area contributed by atoms with Gasteiger partial charge in [0.1, 0.15) is 12.7 Å². The Hall–Kier alpha value is -1.92. The van der Waals surface area contributed by atoms with E-state index in [4.69, 9.17) is 14.2 Å². The number of hydrogen-bond donors (Lipinski definition) is 1. The van der Waals surface area contributed by atoms with Gasteiger partial charge in [-0.15, -0.1) is 0 Å². The van der Waals surface area contributed by atoms with Crippen molar-refractivity contribution in [2.45, 2.75) is 18.6 Å². The third-order valence-electron chi connectivity index (χ3n) is 3.26. The maximum Gasteiger partial charge on any atom is 0.338 e. The maximum absolute atomic E-state index is 12.1. The SMILES string of the molecule is O=C(O)c1cccc(C(=O)OCC2CO2)c1CC1CO1. The fraction of sp³-hybridized carbons (Fsp3) is 0.429. The summed E-state index contributed by atoms with van der Waals surface area (Å²) in [6.07, 6.45) is 0.387. The van der Waals surface area contributed by atoms with E-state index in [1.54, 1.807) is 12.1 Å². The molecule has 20 heavy (non-hydrogen) atoms. The van der Waals surface area contributed by atoms with Gasteiger partial charge < -0.3 is 19.3 Å². The molecule has 2 heterocycles. The van der Waals surface area contributed by atoms with Crippen LogP contribution in [-0.2, 0) is 20.6 Å². The van der Waals surface area contributed by atoms with Crippen LogP contribution in [0.1, 0.15) is 26.3 Å². The van der Waals surface area contributed by atoms with Crippen molar-refractivity contribution in [2.75, 3.05) is 19.8 Å². The first-order chi connectivity index (χ1) is 9.65. The summed E-state index contributed by atoms with van der Waals surface area (Å²) in [5.74, 6) is -1.57. The highest BCUT2D eigenvalue weighted by molar-refractivity contribution is 5.97. The Balaban J connectivity index is 1.84. The molecule has 0 radical (unpaired) electrons. The van der Waals surface area contributed by atoms with E-state index >= 15 is 0 Å². The molecule has 2 atom stereocenters. The molecule has 2 fully saturated rings. The van der Waals surface area contributed by atoms with E-state index in [0.717, 1.165) is 0 Å². The van der Waals surface area contributed by atoms with Crippen LogP contribution < -0.4 is 0 Å². The van der Waals surface area contributed by atoms with E-state index in [2.05, 4.69) is 0 Å². The molecule has 1 aromatic rings. The van der Waals surface area contributed by atoms with E-state index in [0.29, 0.717) is 30.8 Å². The van der Waals surface area contributed by atoms with Crippen molar-refractivity contribution in [3.8, 4) is 0 Å². The predicted molar refractivity (Wildman–Crippen MR) is 66.9 cm³/mol. The zero-order valence-electron chi connectivity index (χ0n) is 10.7. The molecule has 2 aliphatic rings. The van der Waals surface area contributed by atoms with Crippen LogP contribution in [0, 0.1) is 0 Å². The predicted octanol–water partition coefficient (Wildman–Crippen LogP) is 0.882. The van der Waals surface area contributed by atoms with Gasteiger partial charge in [-0.1, -0.05) is 6.07 Å². The minimum atomic E-state index is -1.05. The van der Waals surface area contributed by atoms with Crippen LogP contribution in [0.15, 0.2) is 18.2 Å². The highest BCUT2D eigenvalue weighted by atomic mass is 16.6. The number of ether oxygens (including phenoxy) is 3. The van der Waals surface area contributed by atoms with E-state index in [9.17, 15) is 14.7 Å². The molecule has 2 unspecified atom stereocenters. The van der Waals surface area contributed by atoms with Gasteiger partial charge in [0, 0.05) is 6.42 Å². The highest BCUT2D eigenvalue weighted by Gasteiger charge is 2.30. The molecule has 0 bridgehead atoms. The standard InChI is InChI=1S/C14H14O6/c15-13(16)10-2-1-3-11(12(10)4-8-5-18-8)14(17)20-7-9-6-19-9/h1-3,8-9H,4-7H2,(H,15,16). The van der Waals surface area contributed by atoms with E-state index in [1.807, 2.05) is 0 Å². The van der Waals surface area contributed by atoms with Gasteiger partial charge in [-0.2, -0.15) is 0 Å². The van der Waals surface area contributed by atoms with Crippen molar-refractivity contribution in [1.29, 1.82) is 0 Å². The first-order valence-electron chi connectivity index (χ1n) is 6.40. The molecular weight excluding hydrogens is 264 g/mol. The normalized spacial score (nSPS) is 23.2. The second-order valence-corrected chi connectivity index (χ2v) is 4.85. The summed E-state index contributed by atoms with van der Waals surface area (Å²) < 4.78 is 15.2. The third kappa shape index (κ3) is 2.97. The number of carbonyl (C=O) groups is 2. The van der Waals surface area contributed by atoms with E-state index < -0.39 is 11.9 Å². The maximum atomic E-state index is 12.1. The Morgan fingerprint density at radius 3 is 2.45 bits per heavy atom. The minimum absolute atomic E-state index is 0.00573. The summed E-state index contributed by atoms with van der Waals surface area (Å²) in [6, 6.07) is 4.62. The van der Waals surface area contributed by atoms with Crippen molar-refractivity contribution in [3.05, 3.63) is 34.9 Å². The monoisotopic (exact) mass is 278 g/mol. The molecule has 0 aromatic heterocycles. The molecule has 6 heteroatoms. The fourth-order valence-corrected chi connectivity index (χ4v) is 2.02. The molecule has 1 aromatic carbocycles. The number of carboxylic acids is 1. The summed E-state index contributed by atoms with van der Waals surface area (Å²) in [4.78, 5) is 23.3. The zero-order chi connectivity index (χ0) is 14.1. The number of rotatable bonds is 6. The van der Waals surface area contributed by atoms with Gasteiger partial charge in [-0.3, -0.25) is 0 Å². The molecule has 106 valence electrons. The molecule has 0 aliphatic carbocycles. The summed E-state index contributed by atoms with van der Waals surface area (Å²) in [7, 11) is 0. The minimum Gasteiger partial charge on any atom is -0.478 e. The largest absolute Gasteiger partial charge is 0.478 e. The number of epoxide rings is 2. The molecular formula is C14H14O6. The van der Waals surface area contributed by atoms with Gasteiger partial charge in [-0.05, 0) is 17.7 Å². The number of hydrogen-bond acceptors (Lipinski definition) is 5. The number of benzene rings is 1. The van der Waals surface area contributed by atoms with E-state index in [1.165, 1.54) is 6.07 Å². The lowest BCUT2D eigenvalue weighted by Crippen LogP contribution is -2.16. The summed E-state index contributed by atoms with van der Waals surface area (Å²) >= 11 is 0. The third-order valence-corrected chi connectivity index (χ3v) is 3.26. The van der Waals surface area contributed by atoms with E-state index in [-0.39, 0.29) is 24.4 Å². The van der Waals surface area contributed by atoms with Gasteiger partial charge in [0.2, 0.25) is 0 Å². The molecule has 6 nitrogen and oxygen atoms in total. The Morgan fingerprint density at radius 2 is 1.85 bits per heavy atom. The molecule has 0 amide bonds. The van der Waals surface area contributed by atoms with Crippen LogP contribution in [0.5, 0.6) is 0 Å². The number of carbonyl (C=O) groups excluding carboxylic acids is 1. The van der Waals surface area contributed by atoms with Gasteiger partial charge >= 0.3 is 11.9 Å². The molecule has 2 saturated heterocycles. The van der Waals surface area contributed by atoms with Gasteiger partial charge in [0.25, 0.3) is 0 Å². The molecule has 3 rings (SSSR count). The Labute approximate surface area is 115 Å². The quantitative estimate of drug-likeness (QED) is 0.614. The Bertz CT molecular complexity index is 545. The fourth-order valence-electron chi connectivity index (χ4n) is 2.02. The average Bonchev–Trinajstić information content (AvgIpc) is 3.30. The first-order valence-corrected chi connectivity index (χ1v) is 6.40. The second kappa shape index (κ2) is 5.22.